The largest absolute Gasteiger partial charge is 0.481 e. The number of aromatic nitrogens is 2. The number of hydrogen-bond acceptors (Lipinski definition) is 3. The number of benzene rings is 1. The Morgan fingerprint density at radius 2 is 2.36 bits per heavy atom. The monoisotopic (exact) mass is 189 g/mol. The fraction of sp³-hybridized carbons (Fsp3) is 0.111. The molecule has 0 bridgehead atoms. The van der Waals surface area contributed by atoms with Crippen molar-refractivity contribution in [2.24, 2.45) is 0 Å². The van der Waals surface area contributed by atoms with Gasteiger partial charge in [-0.15, -0.1) is 0 Å². The lowest BCUT2D eigenvalue weighted by molar-refractivity contribution is -0.118. The van der Waals surface area contributed by atoms with E-state index in [-0.39, 0.29) is 12.5 Å². The molecule has 1 aromatic heterocycles. The van der Waals surface area contributed by atoms with E-state index in [1.54, 1.807) is 12.4 Å². The van der Waals surface area contributed by atoms with Gasteiger partial charge in [-0.05, 0) is 6.07 Å². The molecule has 0 saturated heterocycles. The molecule has 1 aromatic carbocycles. The molecule has 1 aliphatic heterocycles. The Morgan fingerprint density at radius 3 is 3.29 bits per heavy atom. The molecule has 1 amide bonds. The molecule has 2 heterocycles. The van der Waals surface area contributed by atoms with Crippen LogP contribution in [0.15, 0.2) is 18.5 Å². The van der Waals surface area contributed by atoms with Crippen LogP contribution in [0.25, 0.3) is 11.0 Å². The number of carbonyl (C=O) groups excluding carboxylic acids is 1. The predicted molar refractivity (Wildman–Crippen MR) is 50.2 cm³/mol. The normalized spacial score (nSPS) is 14.7. The standard InChI is InChI=1S/C9H7N3O2/c13-9-3-14-8-2-6-5(10-4-11-6)1-7(8)12-9/h1-2,4H,3H2,(H,10,11)(H,12,13). The summed E-state index contributed by atoms with van der Waals surface area (Å²) in [4.78, 5) is 18.1. The van der Waals surface area contributed by atoms with Gasteiger partial charge in [0.1, 0.15) is 5.75 Å². The number of ether oxygens (including phenoxy) is 1. The number of nitrogens with zero attached hydrogens (tertiary/aromatic N) is 1. The molecule has 0 unspecified atom stereocenters. The number of fused-ring (bicyclic) bond motifs is 2. The van der Waals surface area contributed by atoms with Crippen molar-refractivity contribution < 1.29 is 9.53 Å². The highest BCUT2D eigenvalue weighted by molar-refractivity contribution is 5.98. The first-order chi connectivity index (χ1) is 6.83. The summed E-state index contributed by atoms with van der Waals surface area (Å²) < 4.78 is 5.25. The second-order valence-corrected chi connectivity index (χ2v) is 3.10. The zero-order valence-electron chi connectivity index (χ0n) is 7.20. The van der Waals surface area contributed by atoms with Gasteiger partial charge < -0.3 is 15.0 Å². The van der Waals surface area contributed by atoms with E-state index in [2.05, 4.69) is 15.3 Å². The molecule has 0 fully saturated rings. The van der Waals surface area contributed by atoms with Crippen molar-refractivity contribution in [3.8, 4) is 5.75 Å². The molecule has 70 valence electrons. The van der Waals surface area contributed by atoms with Crippen LogP contribution in [0.3, 0.4) is 0 Å². The molecule has 0 radical (unpaired) electrons. The highest BCUT2D eigenvalue weighted by Gasteiger charge is 2.16. The van der Waals surface area contributed by atoms with E-state index in [4.69, 9.17) is 4.74 Å². The number of imidazole rings is 1. The van der Waals surface area contributed by atoms with E-state index in [0.29, 0.717) is 11.4 Å². The summed E-state index contributed by atoms with van der Waals surface area (Å²) in [6.45, 7) is 0.0724. The summed E-state index contributed by atoms with van der Waals surface area (Å²) in [5.74, 6) is 0.542. The van der Waals surface area contributed by atoms with Gasteiger partial charge in [-0.1, -0.05) is 0 Å². The molecule has 0 saturated carbocycles. The summed E-state index contributed by atoms with van der Waals surface area (Å²) in [6.07, 6.45) is 1.61. The van der Waals surface area contributed by atoms with Crippen LogP contribution in [-0.4, -0.2) is 22.5 Å². The minimum atomic E-state index is -0.128. The van der Waals surface area contributed by atoms with Gasteiger partial charge in [-0.3, -0.25) is 4.79 Å². The smallest absolute Gasteiger partial charge is 0.262 e. The molecular weight excluding hydrogens is 182 g/mol. The molecular formula is C9H7N3O2. The minimum absolute atomic E-state index is 0.0724. The number of anilines is 1. The Kier molecular flexibility index (Phi) is 1.30. The molecule has 14 heavy (non-hydrogen) atoms. The van der Waals surface area contributed by atoms with Crippen molar-refractivity contribution in [1.82, 2.24) is 9.97 Å². The average molecular weight is 189 g/mol. The molecule has 5 heteroatoms. The number of H-pyrrole nitrogens is 1. The van der Waals surface area contributed by atoms with Crippen LogP contribution in [0, 0.1) is 0 Å². The lowest BCUT2D eigenvalue weighted by Crippen LogP contribution is -2.25. The summed E-state index contributed by atoms with van der Waals surface area (Å²) in [7, 11) is 0. The van der Waals surface area contributed by atoms with Gasteiger partial charge in [0.05, 0.1) is 23.0 Å². The highest BCUT2D eigenvalue weighted by atomic mass is 16.5. The van der Waals surface area contributed by atoms with Crippen LogP contribution in [-0.2, 0) is 4.79 Å². The minimum Gasteiger partial charge on any atom is -0.481 e. The Balaban J connectivity index is 2.24. The van der Waals surface area contributed by atoms with Gasteiger partial charge >= 0.3 is 0 Å². The number of nitrogens with one attached hydrogen (secondary N) is 2. The van der Waals surface area contributed by atoms with Gasteiger partial charge in [0.2, 0.25) is 0 Å². The lowest BCUT2D eigenvalue weighted by atomic mass is 10.2. The molecule has 5 nitrogen and oxygen atoms in total. The summed E-state index contributed by atoms with van der Waals surface area (Å²) in [6, 6.07) is 3.62. The molecule has 0 aliphatic carbocycles. The second kappa shape index (κ2) is 2.47. The summed E-state index contributed by atoms with van der Waals surface area (Å²) in [5.41, 5.74) is 2.41. The number of rotatable bonds is 0. The van der Waals surface area contributed by atoms with Gasteiger partial charge in [-0.25, -0.2) is 4.98 Å². The lowest BCUT2D eigenvalue weighted by Gasteiger charge is -2.17. The van der Waals surface area contributed by atoms with Crippen LogP contribution in [0.4, 0.5) is 5.69 Å². The third kappa shape index (κ3) is 0.953. The van der Waals surface area contributed by atoms with Crippen molar-refractivity contribution in [3.63, 3.8) is 0 Å². The molecule has 0 atom stereocenters. The molecule has 3 rings (SSSR count). The molecule has 2 N–H and O–H groups in total. The SMILES string of the molecule is O=C1COc2cc3nc[nH]c3cc2N1. The maximum Gasteiger partial charge on any atom is 0.262 e. The molecule has 0 spiro atoms. The third-order valence-corrected chi connectivity index (χ3v) is 2.15. The van der Waals surface area contributed by atoms with E-state index in [1.165, 1.54) is 0 Å². The Labute approximate surface area is 79.1 Å². The highest BCUT2D eigenvalue weighted by Crippen LogP contribution is 2.30. The van der Waals surface area contributed by atoms with Crippen molar-refractivity contribution in [2.75, 3.05) is 11.9 Å². The number of aromatic amines is 1. The van der Waals surface area contributed by atoms with Crippen molar-refractivity contribution >= 4 is 22.6 Å². The van der Waals surface area contributed by atoms with E-state index in [1.807, 2.05) is 6.07 Å². The van der Waals surface area contributed by atoms with E-state index in [0.717, 1.165) is 11.0 Å². The quantitative estimate of drug-likeness (QED) is 0.646. The van der Waals surface area contributed by atoms with Gasteiger partial charge in [0.15, 0.2) is 6.61 Å². The molecule has 2 aromatic rings. The number of hydrogen-bond donors (Lipinski definition) is 2. The summed E-state index contributed by atoms with van der Waals surface area (Å²) >= 11 is 0. The van der Waals surface area contributed by atoms with Gasteiger partial charge in [0.25, 0.3) is 5.91 Å². The first-order valence-electron chi connectivity index (χ1n) is 4.23. The Morgan fingerprint density at radius 1 is 1.43 bits per heavy atom. The van der Waals surface area contributed by atoms with Crippen LogP contribution in [0.2, 0.25) is 0 Å². The average Bonchev–Trinajstić information content (AvgIpc) is 2.61. The Hall–Kier alpha value is -2.04. The number of carbonyl (C=O) groups is 1. The van der Waals surface area contributed by atoms with Gasteiger partial charge in [0, 0.05) is 6.07 Å². The fourth-order valence-electron chi connectivity index (χ4n) is 1.51. The predicted octanol–water partition coefficient (Wildman–Crippen LogP) is 0.894. The Bertz CT molecular complexity index is 518. The zero-order valence-corrected chi connectivity index (χ0v) is 7.20. The van der Waals surface area contributed by atoms with Crippen molar-refractivity contribution in [1.29, 1.82) is 0 Å². The first kappa shape index (κ1) is 7.37. The summed E-state index contributed by atoms with van der Waals surface area (Å²) in [5, 5.41) is 2.73. The number of amides is 1. The maximum atomic E-state index is 11.0. The fourth-order valence-corrected chi connectivity index (χ4v) is 1.51. The van der Waals surface area contributed by atoms with Gasteiger partial charge in [-0.2, -0.15) is 0 Å². The maximum absolute atomic E-state index is 11.0. The molecule has 1 aliphatic rings. The van der Waals surface area contributed by atoms with Crippen LogP contribution >= 0.6 is 0 Å². The zero-order chi connectivity index (χ0) is 9.54. The second-order valence-electron chi connectivity index (χ2n) is 3.10. The van der Waals surface area contributed by atoms with Crippen LogP contribution in [0.5, 0.6) is 5.75 Å². The van der Waals surface area contributed by atoms with E-state index < -0.39 is 0 Å². The van der Waals surface area contributed by atoms with Crippen LogP contribution < -0.4 is 10.1 Å². The van der Waals surface area contributed by atoms with Crippen molar-refractivity contribution in [3.05, 3.63) is 18.5 Å². The third-order valence-electron chi connectivity index (χ3n) is 2.15. The van der Waals surface area contributed by atoms with E-state index >= 15 is 0 Å². The van der Waals surface area contributed by atoms with Crippen LogP contribution in [0.1, 0.15) is 0 Å². The topological polar surface area (TPSA) is 67.0 Å². The van der Waals surface area contributed by atoms with E-state index in [9.17, 15) is 4.79 Å². The first-order valence-corrected chi connectivity index (χ1v) is 4.23. The van der Waals surface area contributed by atoms with Crippen molar-refractivity contribution in [2.45, 2.75) is 0 Å².